The van der Waals surface area contributed by atoms with E-state index in [4.69, 9.17) is 14.9 Å². The van der Waals surface area contributed by atoms with E-state index in [2.05, 4.69) is 15.2 Å². The van der Waals surface area contributed by atoms with Gasteiger partial charge in [0, 0.05) is 33.4 Å². The van der Waals surface area contributed by atoms with Crippen LogP contribution in [0.2, 0.25) is 0 Å². The Balaban J connectivity index is 2.09. The Kier molecular flexibility index (Phi) is 12.1. The van der Waals surface area contributed by atoms with Crippen molar-refractivity contribution in [2.75, 3.05) is 13.6 Å². The molecule has 2 rings (SSSR count). The van der Waals surface area contributed by atoms with E-state index in [9.17, 15) is 23.7 Å². The molecule has 0 radical (unpaired) electrons. The molecule has 13 heteroatoms. The van der Waals surface area contributed by atoms with Crippen LogP contribution in [0, 0.1) is 0 Å². The summed E-state index contributed by atoms with van der Waals surface area (Å²) in [6, 6.07) is 13.1. The number of aryl methyl sites for hydroxylation is 1. The molecule has 2 aromatic carbocycles. The van der Waals surface area contributed by atoms with Crippen LogP contribution >= 0.6 is 7.82 Å². The number of hydrogen-bond acceptors (Lipinski definition) is 6. The van der Waals surface area contributed by atoms with E-state index in [-0.39, 0.29) is 25.0 Å². The van der Waals surface area contributed by atoms with Gasteiger partial charge in [0.1, 0.15) is 17.8 Å². The average Bonchev–Trinajstić information content (AvgIpc) is 2.87. The van der Waals surface area contributed by atoms with Crippen molar-refractivity contribution < 1.29 is 43.2 Å². The Morgan fingerprint density at radius 2 is 1.62 bits per heavy atom. The molecule has 0 aliphatic rings. The first-order valence-corrected chi connectivity index (χ1v) is 13.8. The van der Waals surface area contributed by atoms with Crippen LogP contribution in [0.1, 0.15) is 37.3 Å². The van der Waals surface area contributed by atoms with Crippen molar-refractivity contribution in [1.29, 1.82) is 0 Å². The highest BCUT2D eigenvalue weighted by Gasteiger charge is 2.30. The molecule has 0 aliphatic heterocycles. The van der Waals surface area contributed by atoms with Gasteiger partial charge in [0.05, 0.1) is 0 Å². The molecule has 0 fully saturated rings. The largest absolute Gasteiger partial charge is 0.524 e. The monoisotopic (exact) mass is 563 g/mol. The Bertz CT molecular complexity index is 1170. The summed E-state index contributed by atoms with van der Waals surface area (Å²) in [5, 5.41) is 14.5. The molecule has 0 bridgehead atoms. The fourth-order valence-corrected chi connectivity index (χ4v) is 4.14. The van der Waals surface area contributed by atoms with E-state index >= 15 is 0 Å². The molecule has 212 valence electrons. The topological polar surface area (TPSA) is 183 Å². The third-order valence-electron chi connectivity index (χ3n) is 5.91. The summed E-state index contributed by atoms with van der Waals surface area (Å²) in [4.78, 5) is 68.5. The van der Waals surface area contributed by atoms with Crippen LogP contribution in [-0.4, -0.2) is 69.2 Å². The highest BCUT2D eigenvalue weighted by molar-refractivity contribution is 7.46. The van der Waals surface area contributed by atoms with Gasteiger partial charge < -0.3 is 25.2 Å². The summed E-state index contributed by atoms with van der Waals surface area (Å²) < 4.78 is 15.5. The van der Waals surface area contributed by atoms with Crippen LogP contribution in [0.4, 0.5) is 0 Å². The van der Waals surface area contributed by atoms with Crippen molar-refractivity contribution in [2.24, 2.45) is 0 Å². The summed E-state index contributed by atoms with van der Waals surface area (Å²) in [5.41, 5.74) is 1.66. The molecule has 39 heavy (non-hydrogen) atoms. The Morgan fingerprint density at radius 3 is 2.18 bits per heavy atom. The number of benzene rings is 2. The first-order chi connectivity index (χ1) is 18.4. The van der Waals surface area contributed by atoms with Crippen LogP contribution < -0.4 is 15.2 Å². The zero-order valence-electron chi connectivity index (χ0n) is 21.8. The average molecular weight is 564 g/mol. The van der Waals surface area contributed by atoms with Crippen molar-refractivity contribution in [3.05, 3.63) is 65.7 Å². The quantitative estimate of drug-likeness (QED) is 0.159. The summed E-state index contributed by atoms with van der Waals surface area (Å²) in [6.07, 6.45) is 0.902. The second kappa shape index (κ2) is 15.0. The zero-order valence-corrected chi connectivity index (χ0v) is 22.7. The highest BCUT2D eigenvalue weighted by Crippen LogP contribution is 2.37. The molecule has 3 amide bonds. The lowest BCUT2D eigenvalue weighted by atomic mass is 10.0. The van der Waals surface area contributed by atoms with Gasteiger partial charge in [-0.15, -0.1) is 0 Å². The third kappa shape index (κ3) is 11.7. The number of nitrogens with zero attached hydrogens (tertiary/aromatic N) is 1. The van der Waals surface area contributed by atoms with Gasteiger partial charge in [0.25, 0.3) is 0 Å². The zero-order chi connectivity index (χ0) is 29.0. The molecule has 0 saturated carbocycles. The van der Waals surface area contributed by atoms with Gasteiger partial charge in [-0.2, -0.15) is 0 Å². The van der Waals surface area contributed by atoms with Gasteiger partial charge in [-0.1, -0.05) is 42.5 Å². The summed E-state index contributed by atoms with van der Waals surface area (Å²) in [7, 11) is -3.31. The molecule has 0 aliphatic carbocycles. The molecule has 0 heterocycles. The molecule has 2 aromatic rings. The predicted molar refractivity (Wildman–Crippen MR) is 142 cm³/mol. The number of amides is 3. The van der Waals surface area contributed by atoms with E-state index in [1.807, 2.05) is 30.3 Å². The van der Waals surface area contributed by atoms with Gasteiger partial charge in [-0.05, 0) is 42.5 Å². The molecule has 0 spiro atoms. The number of carboxylic acid groups (broad SMARTS) is 1. The number of phosphoric acid groups is 1. The normalized spacial score (nSPS) is 12.6. The second-order valence-electron chi connectivity index (χ2n) is 8.95. The summed E-state index contributed by atoms with van der Waals surface area (Å²) >= 11 is 0. The number of carboxylic acids is 1. The number of rotatable bonds is 15. The van der Waals surface area contributed by atoms with Gasteiger partial charge >= 0.3 is 13.8 Å². The van der Waals surface area contributed by atoms with Gasteiger partial charge in [-0.3, -0.25) is 29.0 Å². The minimum Gasteiger partial charge on any atom is -0.481 e. The van der Waals surface area contributed by atoms with Crippen LogP contribution in [0.15, 0.2) is 54.6 Å². The maximum absolute atomic E-state index is 13.3. The lowest BCUT2D eigenvalue weighted by Gasteiger charge is -2.28. The van der Waals surface area contributed by atoms with Crippen LogP contribution in [0.3, 0.4) is 0 Å². The van der Waals surface area contributed by atoms with Gasteiger partial charge in [-0.25, -0.2) is 4.57 Å². The standard InChI is InChI=1S/C26H34N3O9P/c1-18(30)29(2)23(17-20-10-12-21(13-11-20)38-39(35,36)37)26(34)28-22(14-15-24(31)32)25(33)27-16-6-9-19-7-4-3-5-8-19/h3-5,7-8,10-13,22-23H,6,9,14-17H2,1-2H3,(H,27,33)(H,28,34)(H,31,32)(H2,35,36,37)/t22?,23-/m0/s1. The number of nitrogens with one attached hydrogen (secondary N) is 2. The maximum atomic E-state index is 13.3. The van der Waals surface area contributed by atoms with E-state index in [1.54, 1.807) is 0 Å². The second-order valence-corrected chi connectivity index (χ2v) is 10.1. The van der Waals surface area contributed by atoms with Crippen molar-refractivity contribution in [3.8, 4) is 5.75 Å². The molecule has 0 saturated heterocycles. The molecule has 5 N–H and O–H groups in total. The molecule has 1 unspecified atom stereocenters. The maximum Gasteiger partial charge on any atom is 0.524 e. The lowest BCUT2D eigenvalue weighted by molar-refractivity contribution is -0.139. The predicted octanol–water partition coefficient (Wildman–Crippen LogP) is 1.65. The fraction of sp³-hybridized carbons (Fsp3) is 0.385. The van der Waals surface area contributed by atoms with Crippen molar-refractivity contribution in [1.82, 2.24) is 15.5 Å². The Labute approximate surface area is 226 Å². The minimum absolute atomic E-state index is 0.0163. The van der Waals surface area contributed by atoms with Crippen molar-refractivity contribution >= 4 is 31.5 Å². The fourth-order valence-electron chi connectivity index (χ4n) is 3.75. The third-order valence-corrected chi connectivity index (χ3v) is 6.36. The molecular weight excluding hydrogens is 529 g/mol. The Hall–Kier alpha value is -3.73. The van der Waals surface area contributed by atoms with Crippen LogP contribution in [-0.2, 0) is 36.6 Å². The van der Waals surface area contributed by atoms with Crippen molar-refractivity contribution in [3.63, 3.8) is 0 Å². The van der Waals surface area contributed by atoms with E-state index in [1.165, 1.54) is 43.1 Å². The molecular formula is C26H34N3O9P. The molecule has 0 aromatic heterocycles. The van der Waals surface area contributed by atoms with Crippen LogP contribution in [0.5, 0.6) is 5.75 Å². The van der Waals surface area contributed by atoms with E-state index < -0.39 is 43.6 Å². The number of hydrogen-bond donors (Lipinski definition) is 5. The molecule has 2 atom stereocenters. The number of carbonyl (C=O) groups is 4. The number of aliphatic carboxylic acids is 1. The number of likely N-dealkylation sites (N-methyl/N-ethyl adjacent to an activating group) is 1. The van der Waals surface area contributed by atoms with Gasteiger partial charge in [0.15, 0.2) is 0 Å². The first kappa shape index (κ1) is 31.5. The van der Waals surface area contributed by atoms with Crippen molar-refractivity contribution in [2.45, 2.75) is 51.1 Å². The first-order valence-electron chi connectivity index (χ1n) is 12.3. The van der Waals surface area contributed by atoms with Crippen LogP contribution in [0.25, 0.3) is 0 Å². The van der Waals surface area contributed by atoms with E-state index in [0.29, 0.717) is 18.5 Å². The number of phosphoric ester groups is 1. The number of carbonyl (C=O) groups excluding carboxylic acids is 3. The SMILES string of the molecule is CC(=O)N(C)[C@@H](Cc1ccc(OP(=O)(O)O)cc1)C(=O)NC(CCC(=O)O)C(=O)NCCCc1ccccc1. The minimum atomic E-state index is -4.74. The smallest absolute Gasteiger partial charge is 0.481 e. The summed E-state index contributed by atoms with van der Waals surface area (Å²) in [6.45, 7) is 1.60. The highest BCUT2D eigenvalue weighted by atomic mass is 31.2. The Morgan fingerprint density at radius 1 is 0.974 bits per heavy atom. The van der Waals surface area contributed by atoms with Gasteiger partial charge in [0.2, 0.25) is 17.7 Å². The summed E-state index contributed by atoms with van der Waals surface area (Å²) in [5.74, 6) is -2.80. The lowest BCUT2D eigenvalue weighted by Crippen LogP contribution is -2.54. The van der Waals surface area contributed by atoms with E-state index in [0.717, 1.165) is 12.0 Å². The molecule has 12 nitrogen and oxygen atoms in total.